The molecule has 0 spiro atoms. The number of nitrogens with one attached hydrogen (secondary N) is 4. The van der Waals surface area contributed by atoms with E-state index in [0.29, 0.717) is 78.1 Å². The molecule has 1 aliphatic carbocycles. The average molecular weight is 951 g/mol. The SMILES string of the molecule is COc1cc2c(Oc3ccc(NC(=O)C4(C(=O)Nc5ccc(F)cc5)CC4)cc3)ccnc2cc1N1CCC(CN2C3CC2CN(CCNc2cc4c(cn2)C(=O)N(C2CCC(=O)NC2=O)C4)C3)CC1. The molecule has 18 heteroatoms. The molecule has 2 aromatic heterocycles. The fraction of sp³-hybridized carbons (Fsp3) is 0.404. The minimum absolute atomic E-state index is 0.218. The van der Waals surface area contributed by atoms with E-state index in [-0.39, 0.29) is 24.1 Å². The first-order valence-electron chi connectivity index (χ1n) is 24.2. The summed E-state index contributed by atoms with van der Waals surface area (Å²) in [5.74, 6) is 1.12. The number of fused-ring (bicyclic) bond motifs is 4. The maximum Gasteiger partial charge on any atom is 0.256 e. The first-order chi connectivity index (χ1) is 34.0. The topological polar surface area (TPSA) is 191 Å². The van der Waals surface area contributed by atoms with Gasteiger partial charge in [0.15, 0.2) is 0 Å². The van der Waals surface area contributed by atoms with Crippen molar-refractivity contribution in [2.24, 2.45) is 11.3 Å². The van der Waals surface area contributed by atoms with E-state index in [0.717, 1.165) is 86.6 Å². The Morgan fingerprint density at radius 2 is 1.59 bits per heavy atom. The molecule has 6 aliphatic heterocycles. The molecule has 4 N–H and O–H groups in total. The van der Waals surface area contributed by atoms with Crippen LogP contribution in [0.1, 0.15) is 60.9 Å². The fourth-order valence-electron chi connectivity index (χ4n) is 10.9. The number of hydrogen-bond acceptors (Lipinski definition) is 13. The van der Waals surface area contributed by atoms with Crippen molar-refractivity contribution in [3.63, 3.8) is 0 Å². The van der Waals surface area contributed by atoms with Gasteiger partial charge in [-0.3, -0.25) is 44.1 Å². The summed E-state index contributed by atoms with van der Waals surface area (Å²) in [5.41, 5.74) is 2.95. The molecule has 5 aromatic rings. The molecule has 1 saturated carbocycles. The largest absolute Gasteiger partial charge is 0.495 e. The Labute approximate surface area is 404 Å². The van der Waals surface area contributed by atoms with Crippen LogP contribution in [0.3, 0.4) is 0 Å². The Hall–Kier alpha value is -7.18. The van der Waals surface area contributed by atoms with E-state index in [2.05, 4.69) is 47.0 Å². The van der Waals surface area contributed by atoms with Gasteiger partial charge in [-0.2, -0.15) is 0 Å². The highest BCUT2D eigenvalue weighted by Gasteiger charge is 2.56. The molecular weight excluding hydrogens is 896 g/mol. The number of carbonyl (C=O) groups is 5. The number of aromatic nitrogens is 2. The van der Waals surface area contributed by atoms with Crippen LogP contribution in [0.5, 0.6) is 17.2 Å². The summed E-state index contributed by atoms with van der Waals surface area (Å²) in [6, 6.07) is 20.7. The summed E-state index contributed by atoms with van der Waals surface area (Å²) in [6.07, 6.45) is 8.17. The zero-order chi connectivity index (χ0) is 48.1. The number of pyridine rings is 2. The van der Waals surface area contributed by atoms with Gasteiger partial charge < -0.3 is 35.2 Å². The van der Waals surface area contributed by atoms with Gasteiger partial charge >= 0.3 is 0 Å². The molecule has 5 saturated heterocycles. The number of anilines is 4. The summed E-state index contributed by atoms with van der Waals surface area (Å²) in [5, 5.41) is 12.2. The third-order valence-electron chi connectivity index (χ3n) is 15.0. The smallest absolute Gasteiger partial charge is 0.256 e. The predicted molar refractivity (Wildman–Crippen MR) is 259 cm³/mol. The molecule has 3 aromatic carbocycles. The Morgan fingerprint density at radius 1 is 0.871 bits per heavy atom. The van der Waals surface area contributed by atoms with Gasteiger partial charge in [-0.25, -0.2) is 9.37 Å². The van der Waals surface area contributed by atoms with Crippen molar-refractivity contribution in [1.29, 1.82) is 0 Å². The zero-order valence-corrected chi connectivity index (χ0v) is 38.9. The molecule has 17 nitrogen and oxygen atoms in total. The maximum absolute atomic E-state index is 13.3. The first kappa shape index (κ1) is 45.3. The van der Waals surface area contributed by atoms with Crippen LogP contribution in [0.2, 0.25) is 0 Å². The van der Waals surface area contributed by atoms with Gasteiger partial charge in [0.25, 0.3) is 5.91 Å². The van der Waals surface area contributed by atoms with E-state index in [1.165, 1.54) is 30.7 Å². The van der Waals surface area contributed by atoms with Gasteiger partial charge in [0.2, 0.25) is 23.6 Å². The molecule has 5 amide bonds. The lowest BCUT2D eigenvalue weighted by Gasteiger charge is -2.57. The molecule has 3 atom stereocenters. The normalized spacial score (nSPS) is 22.0. The van der Waals surface area contributed by atoms with Crippen LogP contribution in [0.4, 0.5) is 27.3 Å². The van der Waals surface area contributed by atoms with Crippen LogP contribution in [0.15, 0.2) is 85.2 Å². The van der Waals surface area contributed by atoms with E-state index in [9.17, 15) is 28.4 Å². The molecular formula is C52H55FN10O7. The van der Waals surface area contributed by atoms with Crippen LogP contribution >= 0.6 is 0 Å². The molecule has 0 radical (unpaired) electrons. The molecule has 70 heavy (non-hydrogen) atoms. The zero-order valence-electron chi connectivity index (χ0n) is 38.9. The monoisotopic (exact) mass is 950 g/mol. The minimum atomic E-state index is -1.17. The van der Waals surface area contributed by atoms with Crippen LogP contribution < -0.4 is 35.6 Å². The van der Waals surface area contributed by atoms with Gasteiger partial charge in [0.05, 0.1) is 23.9 Å². The Balaban J connectivity index is 0.639. The number of hydrogen-bond donors (Lipinski definition) is 4. The lowest BCUT2D eigenvalue weighted by atomic mass is 9.84. The lowest BCUT2D eigenvalue weighted by Crippen LogP contribution is -2.69. The lowest BCUT2D eigenvalue weighted by molar-refractivity contribution is -0.137. The first-order valence-corrected chi connectivity index (χ1v) is 24.2. The number of rotatable bonds is 15. The van der Waals surface area contributed by atoms with Crippen molar-refractivity contribution in [2.45, 2.75) is 69.6 Å². The third kappa shape index (κ3) is 8.96. The Morgan fingerprint density at radius 3 is 2.27 bits per heavy atom. The second-order valence-corrected chi connectivity index (χ2v) is 19.5. The number of amides is 5. The molecule has 8 heterocycles. The standard InChI is InChI=1S/C52H55FN10O7/c1-69-45-24-39-41(54-17-12-44(39)70-38-8-6-35(7-9-38)58-51(68)52(15-16-52)50(67)57-34-4-2-33(53)3-5-34)25-43(45)61-19-13-31(14-20-61)27-62-36-23-37(62)30-60(29-36)21-18-55-46-22-32-28-63(49(66)40(32)26-56-46)42-10-11-47(64)59-48(42)65/h2-9,12,17,22,24-26,31,36-37,42H,10-11,13-16,18-21,23,27-30H2,1H3,(H,55,56)(H,57,67)(H,58,68)(H,59,64,65). The van der Waals surface area contributed by atoms with Crippen LogP contribution in [0.25, 0.3) is 10.9 Å². The Bertz CT molecular complexity index is 2860. The van der Waals surface area contributed by atoms with Crippen molar-refractivity contribution in [3.8, 4) is 17.2 Å². The van der Waals surface area contributed by atoms with Gasteiger partial charge in [0, 0.05) is 100 Å². The number of imide groups is 1. The highest BCUT2D eigenvalue weighted by Crippen LogP contribution is 2.48. The molecule has 362 valence electrons. The van der Waals surface area contributed by atoms with Gasteiger partial charge in [0.1, 0.15) is 40.3 Å². The van der Waals surface area contributed by atoms with E-state index >= 15 is 0 Å². The number of ether oxygens (including phenoxy) is 2. The number of nitrogens with zero attached hydrogens (tertiary/aromatic N) is 6. The highest BCUT2D eigenvalue weighted by atomic mass is 19.1. The summed E-state index contributed by atoms with van der Waals surface area (Å²) < 4.78 is 25.7. The average Bonchev–Trinajstić information content (AvgIpc) is 4.13. The van der Waals surface area contributed by atoms with Crippen LogP contribution in [-0.2, 0) is 25.7 Å². The number of benzene rings is 3. The van der Waals surface area contributed by atoms with E-state index in [1.807, 2.05) is 18.2 Å². The van der Waals surface area contributed by atoms with Crippen molar-refractivity contribution >= 4 is 63.3 Å². The quantitative estimate of drug-likeness (QED) is 0.0732. The van der Waals surface area contributed by atoms with Gasteiger partial charge in [-0.15, -0.1) is 0 Å². The number of halogens is 1. The van der Waals surface area contributed by atoms with Crippen molar-refractivity contribution in [3.05, 3.63) is 102 Å². The summed E-state index contributed by atoms with van der Waals surface area (Å²) >= 11 is 0. The van der Waals surface area contributed by atoms with Crippen LogP contribution in [0, 0.1) is 17.2 Å². The van der Waals surface area contributed by atoms with Crippen LogP contribution in [-0.4, -0.2) is 125 Å². The number of methoxy groups -OCH3 is 1. The second kappa shape index (κ2) is 18.6. The van der Waals surface area contributed by atoms with E-state index in [4.69, 9.17) is 14.5 Å². The second-order valence-electron chi connectivity index (χ2n) is 19.5. The highest BCUT2D eigenvalue weighted by molar-refractivity contribution is 6.17. The van der Waals surface area contributed by atoms with E-state index < -0.39 is 29.1 Å². The van der Waals surface area contributed by atoms with Crippen molar-refractivity contribution < 1.29 is 37.8 Å². The van der Waals surface area contributed by atoms with Gasteiger partial charge in [-0.1, -0.05) is 0 Å². The molecule has 12 rings (SSSR count). The molecule has 7 aliphatic rings. The minimum Gasteiger partial charge on any atom is -0.495 e. The predicted octanol–water partition coefficient (Wildman–Crippen LogP) is 5.78. The molecule has 6 fully saturated rings. The van der Waals surface area contributed by atoms with E-state index in [1.54, 1.807) is 48.7 Å². The molecule has 3 unspecified atom stereocenters. The van der Waals surface area contributed by atoms with Crippen molar-refractivity contribution in [1.82, 2.24) is 30.0 Å². The Kier molecular flexibility index (Phi) is 12.0. The third-order valence-corrected chi connectivity index (χ3v) is 15.0. The maximum atomic E-state index is 13.3. The molecule has 2 bridgehead atoms. The fourth-order valence-corrected chi connectivity index (χ4v) is 10.9. The summed E-state index contributed by atoms with van der Waals surface area (Å²) in [7, 11) is 1.69. The van der Waals surface area contributed by atoms with Crippen molar-refractivity contribution in [2.75, 3.05) is 73.8 Å². The number of piperazine rings is 1. The van der Waals surface area contributed by atoms with Gasteiger partial charge in [-0.05, 0) is 123 Å². The summed E-state index contributed by atoms with van der Waals surface area (Å²) in [6.45, 7) is 7.02. The summed E-state index contributed by atoms with van der Waals surface area (Å²) in [4.78, 5) is 81.8. The number of piperidine rings is 3. The number of carbonyl (C=O) groups excluding carboxylic acids is 5.